The summed E-state index contributed by atoms with van der Waals surface area (Å²) in [6.45, 7) is 0. The smallest absolute Gasteiger partial charge is 0.258 e. The highest BCUT2D eigenvalue weighted by molar-refractivity contribution is 7.81. The van der Waals surface area contributed by atoms with Gasteiger partial charge in [-0.3, -0.25) is 10.1 Å². The summed E-state index contributed by atoms with van der Waals surface area (Å²) in [5.74, 6) is 0. The number of alkyl halides is 3. The number of non-ortho nitro benzene ring substituents is 1. The number of benzene rings is 1. The summed E-state index contributed by atoms with van der Waals surface area (Å²) in [6, 6.07) is 5.20. The Morgan fingerprint density at radius 3 is 2.24 bits per heavy atom. The van der Waals surface area contributed by atoms with Gasteiger partial charge >= 0.3 is 10.4 Å². The Balaban J connectivity index is 2.28. The molecule has 0 unspecified atom stereocenters. The molecule has 1 aliphatic rings. The fourth-order valence-electron chi connectivity index (χ4n) is 1.77. The Bertz CT molecular complexity index is 642. The lowest BCUT2D eigenvalue weighted by atomic mass is 10.0. The molecule has 1 aromatic carbocycles. The van der Waals surface area contributed by atoms with Gasteiger partial charge in [0.05, 0.1) is 4.92 Å². The van der Waals surface area contributed by atoms with Gasteiger partial charge in [-0.15, -0.1) is 0 Å². The first kappa shape index (κ1) is 16.7. The lowest BCUT2D eigenvalue weighted by Gasteiger charge is -2.32. The van der Waals surface area contributed by atoms with Crippen molar-refractivity contribution in [2.45, 2.75) is 22.4 Å². The van der Waals surface area contributed by atoms with E-state index in [4.69, 9.17) is 39.0 Å². The van der Waals surface area contributed by atoms with Crippen LogP contribution in [0.3, 0.4) is 0 Å². The van der Waals surface area contributed by atoms with Crippen molar-refractivity contribution < 1.29 is 21.7 Å². The Morgan fingerprint density at radius 1 is 1.19 bits per heavy atom. The van der Waals surface area contributed by atoms with Gasteiger partial charge in [-0.25, -0.2) is 8.37 Å². The van der Waals surface area contributed by atoms with Crippen LogP contribution < -0.4 is 0 Å². The summed E-state index contributed by atoms with van der Waals surface area (Å²) in [5.41, 5.74) is 0.262. The molecule has 0 saturated carbocycles. The maximum absolute atomic E-state index is 11.5. The molecule has 11 heteroatoms. The third kappa shape index (κ3) is 4.18. The molecule has 0 amide bonds. The van der Waals surface area contributed by atoms with E-state index in [-0.39, 0.29) is 12.1 Å². The first-order valence-electron chi connectivity index (χ1n) is 5.51. The Labute approximate surface area is 135 Å². The van der Waals surface area contributed by atoms with Crippen molar-refractivity contribution in [3.8, 4) is 0 Å². The summed E-state index contributed by atoms with van der Waals surface area (Å²) in [5, 5.41) is 10.6. The number of rotatable bonds is 2. The molecule has 1 aromatic rings. The average molecular weight is 377 g/mol. The fourth-order valence-corrected chi connectivity index (χ4v) is 3.36. The van der Waals surface area contributed by atoms with Crippen LogP contribution in [-0.4, -0.2) is 23.2 Å². The van der Waals surface area contributed by atoms with E-state index in [1.54, 1.807) is 0 Å². The molecule has 0 aliphatic carbocycles. The van der Waals surface area contributed by atoms with E-state index in [9.17, 15) is 18.5 Å². The van der Waals surface area contributed by atoms with Crippen LogP contribution in [0.25, 0.3) is 0 Å². The minimum Gasteiger partial charge on any atom is -0.258 e. The van der Waals surface area contributed by atoms with Crippen molar-refractivity contribution in [3.63, 3.8) is 0 Å². The molecule has 1 aliphatic heterocycles. The van der Waals surface area contributed by atoms with Gasteiger partial charge in [0.25, 0.3) is 5.69 Å². The Kier molecular flexibility index (Phi) is 4.67. The SMILES string of the molecule is O=[N+]([O-])c1ccc([C@@H]2C[C@H](C(Cl)(Cl)Cl)OS(=O)(=O)O2)cc1. The molecule has 1 saturated heterocycles. The van der Waals surface area contributed by atoms with Gasteiger partial charge in [-0.2, -0.15) is 8.42 Å². The van der Waals surface area contributed by atoms with Gasteiger partial charge in [0, 0.05) is 18.6 Å². The van der Waals surface area contributed by atoms with Crippen molar-refractivity contribution in [2.24, 2.45) is 0 Å². The van der Waals surface area contributed by atoms with Gasteiger partial charge < -0.3 is 0 Å². The highest BCUT2D eigenvalue weighted by Crippen LogP contribution is 2.42. The minimum absolute atomic E-state index is 0.0342. The van der Waals surface area contributed by atoms with Crippen molar-refractivity contribution in [2.75, 3.05) is 0 Å². The number of hydrogen-bond acceptors (Lipinski definition) is 6. The van der Waals surface area contributed by atoms with Crippen molar-refractivity contribution in [3.05, 3.63) is 39.9 Å². The van der Waals surface area contributed by atoms with Crippen molar-refractivity contribution >= 4 is 50.9 Å². The Morgan fingerprint density at radius 2 is 1.76 bits per heavy atom. The van der Waals surface area contributed by atoms with Gasteiger partial charge in [0.1, 0.15) is 12.2 Å². The normalized spacial score (nSPS) is 25.5. The van der Waals surface area contributed by atoms with Gasteiger partial charge in [-0.1, -0.05) is 34.8 Å². The fraction of sp³-hybridized carbons (Fsp3) is 0.400. The summed E-state index contributed by atoms with van der Waals surface area (Å²) < 4.78 is 30.5. The molecular formula is C10H8Cl3NO6S. The van der Waals surface area contributed by atoms with Crippen LogP contribution in [0.5, 0.6) is 0 Å². The third-order valence-electron chi connectivity index (χ3n) is 2.74. The first-order chi connectivity index (χ1) is 9.58. The second-order valence-electron chi connectivity index (χ2n) is 4.20. The summed E-state index contributed by atoms with van der Waals surface area (Å²) in [4.78, 5) is 10.0. The maximum Gasteiger partial charge on any atom is 0.400 e. The van der Waals surface area contributed by atoms with E-state index < -0.39 is 31.3 Å². The van der Waals surface area contributed by atoms with Crippen LogP contribution in [0.4, 0.5) is 5.69 Å². The second-order valence-corrected chi connectivity index (χ2v) is 7.77. The molecule has 1 fully saturated rings. The van der Waals surface area contributed by atoms with Crippen LogP contribution in [-0.2, 0) is 18.8 Å². The number of nitro groups is 1. The van der Waals surface area contributed by atoms with E-state index in [1.165, 1.54) is 24.3 Å². The minimum atomic E-state index is -4.33. The van der Waals surface area contributed by atoms with E-state index in [1.807, 2.05) is 0 Å². The lowest BCUT2D eigenvalue weighted by Crippen LogP contribution is -2.38. The number of nitro benzene ring substituents is 1. The topological polar surface area (TPSA) is 95.7 Å². The quantitative estimate of drug-likeness (QED) is 0.447. The molecule has 2 rings (SSSR count). The average Bonchev–Trinajstić information content (AvgIpc) is 2.36. The van der Waals surface area contributed by atoms with E-state index in [0.29, 0.717) is 5.56 Å². The van der Waals surface area contributed by atoms with E-state index in [2.05, 4.69) is 4.18 Å². The molecule has 0 spiro atoms. The van der Waals surface area contributed by atoms with E-state index in [0.717, 1.165) is 0 Å². The first-order valence-corrected chi connectivity index (χ1v) is 7.98. The van der Waals surface area contributed by atoms with Gasteiger partial charge in [0.2, 0.25) is 3.79 Å². The van der Waals surface area contributed by atoms with Crippen LogP contribution in [0.2, 0.25) is 0 Å². The van der Waals surface area contributed by atoms with Crippen LogP contribution in [0, 0.1) is 10.1 Å². The van der Waals surface area contributed by atoms with Crippen LogP contribution in [0.1, 0.15) is 18.1 Å². The number of nitrogens with zero attached hydrogens (tertiary/aromatic N) is 1. The van der Waals surface area contributed by atoms with Gasteiger partial charge in [-0.05, 0) is 17.7 Å². The highest BCUT2D eigenvalue weighted by Gasteiger charge is 2.44. The van der Waals surface area contributed by atoms with E-state index >= 15 is 0 Å². The molecule has 0 bridgehead atoms. The van der Waals surface area contributed by atoms with Crippen LogP contribution >= 0.6 is 34.8 Å². The molecule has 0 aromatic heterocycles. The number of hydrogen-bond donors (Lipinski definition) is 0. The molecule has 21 heavy (non-hydrogen) atoms. The monoisotopic (exact) mass is 375 g/mol. The maximum atomic E-state index is 11.5. The standard InChI is InChI=1S/C10H8Cl3NO6S/c11-10(12,13)9-5-8(19-21(17,18)20-9)6-1-3-7(4-2-6)14(15)16/h1-4,8-9H,5H2/t8-,9+/m0/s1. The Hall–Kier alpha value is -0.640. The number of halogens is 3. The van der Waals surface area contributed by atoms with Crippen molar-refractivity contribution in [1.29, 1.82) is 0 Å². The lowest BCUT2D eigenvalue weighted by molar-refractivity contribution is -0.384. The molecule has 7 nitrogen and oxygen atoms in total. The molecule has 0 N–H and O–H groups in total. The second kappa shape index (κ2) is 5.86. The zero-order chi connectivity index (χ0) is 15.8. The molecule has 116 valence electrons. The highest BCUT2D eigenvalue weighted by atomic mass is 35.6. The molecule has 2 atom stereocenters. The predicted molar refractivity (Wildman–Crippen MR) is 75.6 cm³/mol. The zero-order valence-corrected chi connectivity index (χ0v) is 13.2. The molecule has 1 heterocycles. The molecular weight excluding hydrogens is 369 g/mol. The van der Waals surface area contributed by atoms with Crippen LogP contribution in [0.15, 0.2) is 24.3 Å². The summed E-state index contributed by atoms with van der Waals surface area (Å²) >= 11 is 17.0. The van der Waals surface area contributed by atoms with Gasteiger partial charge in [0.15, 0.2) is 0 Å². The summed E-state index contributed by atoms with van der Waals surface area (Å²) in [7, 11) is -4.33. The zero-order valence-electron chi connectivity index (χ0n) is 10.1. The largest absolute Gasteiger partial charge is 0.400 e. The predicted octanol–water partition coefficient (Wildman–Crippen LogP) is 3.06. The summed E-state index contributed by atoms with van der Waals surface area (Å²) in [6.07, 6.45) is -2.21. The third-order valence-corrected chi connectivity index (χ3v) is 4.40. The van der Waals surface area contributed by atoms with Crippen molar-refractivity contribution in [1.82, 2.24) is 0 Å². The molecule has 0 radical (unpaired) electrons.